The van der Waals surface area contributed by atoms with Gasteiger partial charge in [0.25, 0.3) is 0 Å². The zero-order chi connectivity index (χ0) is 9.68. The van der Waals surface area contributed by atoms with Crippen LogP contribution in [-0.2, 0) is 16.0 Å². The SMILES string of the molecule is COC(=O)[C@H]([NH3+])Cc1ccccc1.[Cl-]. The number of esters is 1. The Kier molecular flexibility index (Phi) is 5.92. The van der Waals surface area contributed by atoms with Crippen molar-refractivity contribution in [3.63, 3.8) is 0 Å². The first-order valence-corrected chi connectivity index (χ1v) is 4.19. The van der Waals surface area contributed by atoms with Crippen LogP contribution in [0.3, 0.4) is 0 Å². The number of benzene rings is 1. The summed E-state index contributed by atoms with van der Waals surface area (Å²) in [7, 11) is 1.38. The van der Waals surface area contributed by atoms with Gasteiger partial charge in [-0.2, -0.15) is 0 Å². The number of methoxy groups -OCH3 is 1. The molecule has 0 saturated heterocycles. The molecule has 0 unspecified atom stereocenters. The van der Waals surface area contributed by atoms with Crippen molar-refractivity contribution >= 4 is 5.97 Å². The molecule has 0 bridgehead atoms. The van der Waals surface area contributed by atoms with Gasteiger partial charge in [-0.1, -0.05) is 30.3 Å². The number of hydrogen-bond acceptors (Lipinski definition) is 2. The molecule has 0 heterocycles. The third-order valence-corrected chi connectivity index (χ3v) is 1.86. The van der Waals surface area contributed by atoms with E-state index in [9.17, 15) is 4.79 Å². The van der Waals surface area contributed by atoms with E-state index in [4.69, 9.17) is 0 Å². The van der Waals surface area contributed by atoms with Crippen LogP contribution in [0.25, 0.3) is 0 Å². The Bertz CT molecular complexity index is 277. The van der Waals surface area contributed by atoms with E-state index in [0.717, 1.165) is 5.56 Å². The zero-order valence-electron chi connectivity index (χ0n) is 8.07. The Morgan fingerprint density at radius 2 is 2.00 bits per heavy atom. The lowest BCUT2D eigenvalue weighted by molar-refractivity contribution is -0.407. The molecule has 0 saturated carbocycles. The van der Waals surface area contributed by atoms with Crippen LogP contribution in [0, 0.1) is 0 Å². The molecule has 0 spiro atoms. The van der Waals surface area contributed by atoms with Crippen LogP contribution in [0.2, 0.25) is 0 Å². The molecule has 1 aromatic rings. The van der Waals surface area contributed by atoms with E-state index in [1.165, 1.54) is 7.11 Å². The van der Waals surface area contributed by atoms with Crippen molar-refractivity contribution in [2.75, 3.05) is 7.11 Å². The lowest BCUT2D eigenvalue weighted by Gasteiger charge is -2.05. The molecule has 0 aliphatic rings. The third kappa shape index (κ3) is 3.77. The number of rotatable bonds is 3. The zero-order valence-corrected chi connectivity index (χ0v) is 8.83. The van der Waals surface area contributed by atoms with Gasteiger partial charge in [-0.15, -0.1) is 0 Å². The standard InChI is InChI=1S/C10H13NO2.ClH/c1-13-10(12)9(11)7-8-5-3-2-4-6-8;/h2-6,9H,7,11H2,1H3;1H/t9-;/m1./s1. The van der Waals surface area contributed by atoms with Crippen molar-refractivity contribution < 1.29 is 27.7 Å². The lowest BCUT2D eigenvalue weighted by Crippen LogP contribution is -3.00. The van der Waals surface area contributed by atoms with Gasteiger partial charge in [-0.05, 0) is 5.56 Å². The van der Waals surface area contributed by atoms with Gasteiger partial charge in [0.1, 0.15) is 0 Å². The minimum atomic E-state index is -0.313. The van der Waals surface area contributed by atoms with Gasteiger partial charge >= 0.3 is 5.97 Å². The molecule has 3 nitrogen and oxygen atoms in total. The summed E-state index contributed by atoms with van der Waals surface area (Å²) in [5.41, 5.74) is 4.83. The molecule has 3 N–H and O–H groups in total. The van der Waals surface area contributed by atoms with Crippen LogP contribution in [0.15, 0.2) is 30.3 Å². The van der Waals surface area contributed by atoms with E-state index >= 15 is 0 Å². The Morgan fingerprint density at radius 1 is 1.43 bits per heavy atom. The van der Waals surface area contributed by atoms with Gasteiger partial charge in [0.15, 0.2) is 6.04 Å². The van der Waals surface area contributed by atoms with Crippen molar-refractivity contribution in [1.82, 2.24) is 0 Å². The van der Waals surface area contributed by atoms with Crippen LogP contribution < -0.4 is 18.1 Å². The van der Waals surface area contributed by atoms with Crippen molar-refractivity contribution in [2.45, 2.75) is 12.5 Å². The van der Waals surface area contributed by atoms with E-state index in [2.05, 4.69) is 10.5 Å². The normalized spacial score (nSPS) is 11.3. The van der Waals surface area contributed by atoms with Gasteiger partial charge in [-0.25, -0.2) is 4.79 Å². The van der Waals surface area contributed by atoms with Crippen LogP contribution in [0.5, 0.6) is 0 Å². The summed E-state index contributed by atoms with van der Waals surface area (Å²) in [5.74, 6) is -0.260. The second-order valence-electron chi connectivity index (χ2n) is 2.91. The molecular formula is C10H14ClNO2. The second-order valence-corrected chi connectivity index (χ2v) is 2.91. The largest absolute Gasteiger partial charge is 1.00 e. The summed E-state index contributed by atoms with van der Waals surface area (Å²) in [4.78, 5) is 11.0. The van der Waals surface area contributed by atoms with Crippen LogP contribution in [0.1, 0.15) is 5.56 Å². The number of carbonyl (C=O) groups is 1. The van der Waals surface area contributed by atoms with Gasteiger partial charge < -0.3 is 22.9 Å². The minimum absolute atomic E-state index is 0. The quantitative estimate of drug-likeness (QED) is 0.547. The fourth-order valence-corrected chi connectivity index (χ4v) is 1.15. The first-order chi connectivity index (χ1) is 6.24. The Morgan fingerprint density at radius 3 is 2.50 bits per heavy atom. The predicted octanol–water partition coefficient (Wildman–Crippen LogP) is -2.98. The molecule has 0 amide bonds. The highest BCUT2D eigenvalue weighted by Gasteiger charge is 2.17. The number of carbonyl (C=O) groups excluding carboxylic acids is 1. The maximum atomic E-state index is 11.0. The van der Waals surface area contributed by atoms with Crippen LogP contribution >= 0.6 is 0 Å². The van der Waals surface area contributed by atoms with E-state index in [1.807, 2.05) is 30.3 Å². The number of hydrogen-bond donors (Lipinski definition) is 1. The fraction of sp³-hybridized carbons (Fsp3) is 0.300. The monoisotopic (exact) mass is 215 g/mol. The van der Waals surface area contributed by atoms with E-state index in [0.29, 0.717) is 6.42 Å². The van der Waals surface area contributed by atoms with Crippen molar-refractivity contribution in [3.05, 3.63) is 35.9 Å². The minimum Gasteiger partial charge on any atom is -1.00 e. The topological polar surface area (TPSA) is 53.9 Å². The van der Waals surface area contributed by atoms with Crippen LogP contribution in [0.4, 0.5) is 0 Å². The summed E-state index contributed by atoms with van der Waals surface area (Å²) in [5, 5.41) is 0. The first kappa shape index (κ1) is 12.9. The molecule has 1 atom stereocenters. The van der Waals surface area contributed by atoms with Crippen molar-refractivity contribution in [2.24, 2.45) is 0 Å². The molecule has 0 aromatic heterocycles. The van der Waals surface area contributed by atoms with Gasteiger partial charge in [0.05, 0.1) is 7.11 Å². The average Bonchev–Trinajstić information content (AvgIpc) is 2.18. The molecular weight excluding hydrogens is 202 g/mol. The molecule has 78 valence electrons. The number of halogens is 1. The van der Waals surface area contributed by atoms with Gasteiger partial charge in [-0.3, -0.25) is 0 Å². The van der Waals surface area contributed by atoms with Crippen molar-refractivity contribution in [1.29, 1.82) is 0 Å². The summed E-state index contributed by atoms with van der Waals surface area (Å²) in [6, 6.07) is 9.47. The molecule has 4 heteroatoms. The van der Waals surface area contributed by atoms with Gasteiger partial charge in [0.2, 0.25) is 0 Å². The average molecular weight is 216 g/mol. The summed E-state index contributed by atoms with van der Waals surface area (Å²) in [6.07, 6.45) is 0.632. The Labute approximate surface area is 89.7 Å². The molecule has 0 aliphatic heterocycles. The summed E-state index contributed by atoms with van der Waals surface area (Å²) < 4.78 is 4.58. The van der Waals surface area contributed by atoms with E-state index in [1.54, 1.807) is 0 Å². The second kappa shape index (κ2) is 6.40. The highest BCUT2D eigenvalue weighted by Crippen LogP contribution is 2.01. The van der Waals surface area contributed by atoms with Crippen LogP contribution in [-0.4, -0.2) is 19.1 Å². The molecule has 0 fully saturated rings. The van der Waals surface area contributed by atoms with Gasteiger partial charge in [0, 0.05) is 6.42 Å². The molecule has 1 rings (SSSR count). The highest BCUT2D eigenvalue weighted by molar-refractivity contribution is 5.74. The number of quaternary nitrogens is 1. The molecule has 1 aromatic carbocycles. The van der Waals surface area contributed by atoms with E-state index in [-0.39, 0.29) is 24.4 Å². The van der Waals surface area contributed by atoms with E-state index < -0.39 is 0 Å². The molecule has 0 aliphatic carbocycles. The summed E-state index contributed by atoms with van der Waals surface area (Å²) >= 11 is 0. The molecule has 14 heavy (non-hydrogen) atoms. The third-order valence-electron chi connectivity index (χ3n) is 1.86. The Balaban J connectivity index is 0.00000169. The predicted molar refractivity (Wildman–Crippen MR) is 48.8 cm³/mol. The Hall–Kier alpha value is -1.06. The first-order valence-electron chi connectivity index (χ1n) is 4.19. The van der Waals surface area contributed by atoms with Crippen molar-refractivity contribution in [3.8, 4) is 0 Å². The maximum absolute atomic E-state index is 11.0. The maximum Gasteiger partial charge on any atom is 0.364 e. The number of ether oxygens (including phenoxy) is 1. The summed E-state index contributed by atoms with van der Waals surface area (Å²) in [6.45, 7) is 0. The smallest absolute Gasteiger partial charge is 0.364 e. The lowest BCUT2D eigenvalue weighted by atomic mass is 10.1. The highest BCUT2D eigenvalue weighted by atomic mass is 35.5. The fourth-order valence-electron chi connectivity index (χ4n) is 1.15. The molecule has 0 radical (unpaired) electrons.